The lowest BCUT2D eigenvalue weighted by molar-refractivity contribution is 1.21. The normalized spacial score (nSPS) is 10.7. The molecule has 1 heterocycles. The molecule has 0 aliphatic rings. The number of nitriles is 2. The van der Waals surface area contributed by atoms with Gasteiger partial charge in [-0.15, -0.1) is 0 Å². The third-order valence-electron chi connectivity index (χ3n) is 5.80. The van der Waals surface area contributed by atoms with Crippen molar-refractivity contribution in [3.63, 3.8) is 0 Å². The number of rotatable bonds is 3. The zero-order valence-corrected chi connectivity index (χ0v) is 17.6. The number of benzene rings is 4. The van der Waals surface area contributed by atoms with E-state index in [1.807, 2.05) is 55.5 Å². The van der Waals surface area contributed by atoms with Crippen LogP contribution in [0.2, 0.25) is 0 Å². The minimum absolute atomic E-state index is 0.645. The Hall–Kier alpha value is -4.60. The maximum Gasteiger partial charge on any atom is 0.0991 e. The van der Waals surface area contributed by atoms with E-state index >= 15 is 0 Å². The lowest BCUT2D eigenvalue weighted by Gasteiger charge is -2.07. The van der Waals surface area contributed by atoms with Gasteiger partial charge in [-0.05, 0) is 77.7 Å². The van der Waals surface area contributed by atoms with Gasteiger partial charge in [-0.1, -0.05) is 43.0 Å². The van der Waals surface area contributed by atoms with E-state index in [9.17, 15) is 10.5 Å². The van der Waals surface area contributed by atoms with Crippen molar-refractivity contribution < 1.29 is 0 Å². The first-order valence-electron chi connectivity index (χ1n) is 10.3. The molecule has 0 unspecified atom stereocenters. The van der Waals surface area contributed by atoms with Crippen molar-refractivity contribution in [3.05, 3.63) is 103 Å². The summed E-state index contributed by atoms with van der Waals surface area (Å²) in [6, 6.07) is 32.6. The summed E-state index contributed by atoms with van der Waals surface area (Å²) < 4.78 is 2.18. The highest BCUT2D eigenvalue weighted by Gasteiger charge is 2.14. The summed E-state index contributed by atoms with van der Waals surface area (Å²) in [5, 5.41) is 20.8. The Kier molecular flexibility index (Phi) is 4.59. The second kappa shape index (κ2) is 7.58. The quantitative estimate of drug-likeness (QED) is 0.312. The maximum atomic E-state index is 9.28. The molecule has 32 heavy (non-hydrogen) atoms. The summed E-state index contributed by atoms with van der Waals surface area (Å²) >= 11 is 0. The second-order valence-electron chi connectivity index (χ2n) is 7.92. The number of hydrogen-bond acceptors (Lipinski definition) is 2. The minimum atomic E-state index is 0.645. The molecule has 3 heteroatoms. The van der Waals surface area contributed by atoms with Crippen LogP contribution in [-0.2, 0) is 0 Å². The van der Waals surface area contributed by atoms with Crippen LogP contribution in [0, 0.1) is 22.7 Å². The van der Waals surface area contributed by atoms with E-state index in [-0.39, 0.29) is 0 Å². The van der Waals surface area contributed by atoms with Crippen LogP contribution < -0.4 is 0 Å². The number of allylic oxidation sites excluding steroid dienone is 1. The summed E-state index contributed by atoms with van der Waals surface area (Å²) in [7, 11) is 0. The Morgan fingerprint density at radius 1 is 0.656 bits per heavy atom. The summed E-state index contributed by atoms with van der Waals surface area (Å²) in [6.45, 7) is 6.20. The van der Waals surface area contributed by atoms with Gasteiger partial charge in [0, 0.05) is 16.5 Å². The Bertz CT molecular complexity index is 1510. The lowest BCUT2D eigenvalue weighted by atomic mass is 9.99. The molecule has 0 amide bonds. The molecular formula is C29H19N3. The standard InChI is InChI=1S/C29H19N3/c1-19(2)32-28-11-9-24(22-7-3-5-20(13-22)17-30)15-26(28)27-16-25(10-12-29(27)32)23-8-4-6-21(14-23)18-31/h3-16H,1H2,2H3. The monoisotopic (exact) mass is 409 g/mol. The van der Waals surface area contributed by atoms with Gasteiger partial charge in [-0.3, -0.25) is 0 Å². The van der Waals surface area contributed by atoms with Gasteiger partial charge in [-0.2, -0.15) is 10.5 Å². The van der Waals surface area contributed by atoms with Crippen LogP contribution in [-0.4, -0.2) is 4.57 Å². The van der Waals surface area contributed by atoms with E-state index in [4.69, 9.17) is 0 Å². The molecule has 0 N–H and O–H groups in total. The first-order valence-corrected chi connectivity index (χ1v) is 10.3. The Balaban J connectivity index is 1.78. The first-order chi connectivity index (χ1) is 15.6. The van der Waals surface area contributed by atoms with Gasteiger partial charge >= 0.3 is 0 Å². The largest absolute Gasteiger partial charge is 0.314 e. The van der Waals surface area contributed by atoms with Gasteiger partial charge in [0.2, 0.25) is 0 Å². The van der Waals surface area contributed by atoms with Crippen LogP contribution in [0.3, 0.4) is 0 Å². The molecule has 5 aromatic rings. The van der Waals surface area contributed by atoms with E-state index in [0.29, 0.717) is 11.1 Å². The second-order valence-corrected chi connectivity index (χ2v) is 7.92. The SMILES string of the molecule is C=C(C)n1c2ccc(-c3cccc(C#N)c3)cc2c2cc(-c3cccc(C#N)c3)ccc21. The number of fused-ring (bicyclic) bond motifs is 3. The van der Waals surface area contributed by atoms with Crippen LogP contribution in [0.1, 0.15) is 18.1 Å². The van der Waals surface area contributed by atoms with Gasteiger partial charge in [0.05, 0.1) is 34.3 Å². The average molecular weight is 409 g/mol. The third-order valence-corrected chi connectivity index (χ3v) is 5.80. The summed E-state index contributed by atoms with van der Waals surface area (Å²) in [6.07, 6.45) is 0. The van der Waals surface area contributed by atoms with Crippen molar-refractivity contribution in [2.24, 2.45) is 0 Å². The smallest absolute Gasteiger partial charge is 0.0991 e. The fraction of sp³-hybridized carbons (Fsp3) is 0.0345. The third kappa shape index (κ3) is 3.14. The fourth-order valence-corrected chi connectivity index (χ4v) is 4.33. The number of hydrogen-bond donors (Lipinski definition) is 0. The van der Waals surface area contributed by atoms with Crippen molar-refractivity contribution >= 4 is 27.5 Å². The van der Waals surface area contributed by atoms with Crippen molar-refractivity contribution in [2.75, 3.05) is 0 Å². The van der Waals surface area contributed by atoms with Crippen molar-refractivity contribution in [1.29, 1.82) is 10.5 Å². The van der Waals surface area contributed by atoms with Gasteiger partial charge in [0.15, 0.2) is 0 Å². The molecule has 150 valence electrons. The zero-order valence-electron chi connectivity index (χ0n) is 17.6. The molecule has 3 nitrogen and oxygen atoms in total. The van der Waals surface area contributed by atoms with Crippen LogP contribution >= 0.6 is 0 Å². The summed E-state index contributed by atoms with van der Waals surface area (Å²) in [5.41, 5.74) is 8.58. The predicted octanol–water partition coefficient (Wildman–Crippen LogP) is 7.36. The van der Waals surface area contributed by atoms with Crippen LogP contribution in [0.15, 0.2) is 91.5 Å². The Labute approximate surface area is 186 Å². The molecule has 5 rings (SSSR count). The van der Waals surface area contributed by atoms with Crippen LogP contribution in [0.25, 0.3) is 49.8 Å². The predicted molar refractivity (Wildman–Crippen MR) is 131 cm³/mol. The molecule has 0 fully saturated rings. The molecular weight excluding hydrogens is 390 g/mol. The van der Waals surface area contributed by atoms with Crippen LogP contribution in [0.5, 0.6) is 0 Å². The van der Waals surface area contributed by atoms with Crippen molar-refractivity contribution in [1.82, 2.24) is 4.57 Å². The molecule has 0 bridgehead atoms. The van der Waals surface area contributed by atoms with E-state index in [1.165, 1.54) is 0 Å². The topological polar surface area (TPSA) is 52.5 Å². The first kappa shape index (κ1) is 19.4. The molecule has 0 aliphatic heterocycles. The van der Waals surface area contributed by atoms with Gasteiger partial charge in [0.1, 0.15) is 0 Å². The van der Waals surface area contributed by atoms with Crippen molar-refractivity contribution in [3.8, 4) is 34.4 Å². The van der Waals surface area contributed by atoms with E-state index in [0.717, 1.165) is 49.8 Å². The Morgan fingerprint density at radius 2 is 1.09 bits per heavy atom. The molecule has 0 atom stereocenters. The maximum absolute atomic E-state index is 9.28. The molecule has 0 aliphatic carbocycles. The zero-order chi connectivity index (χ0) is 22.2. The van der Waals surface area contributed by atoms with Crippen molar-refractivity contribution in [2.45, 2.75) is 6.92 Å². The van der Waals surface area contributed by atoms with Gasteiger partial charge in [0.25, 0.3) is 0 Å². The van der Waals surface area contributed by atoms with Gasteiger partial charge in [-0.25, -0.2) is 0 Å². The summed E-state index contributed by atoms with van der Waals surface area (Å²) in [4.78, 5) is 0. The highest BCUT2D eigenvalue weighted by atomic mass is 15.0. The number of aromatic nitrogens is 1. The minimum Gasteiger partial charge on any atom is -0.314 e. The molecule has 0 saturated carbocycles. The molecule has 1 aromatic heterocycles. The highest BCUT2D eigenvalue weighted by Crippen LogP contribution is 2.36. The molecule has 0 radical (unpaired) electrons. The highest BCUT2D eigenvalue weighted by molar-refractivity contribution is 6.12. The van der Waals surface area contributed by atoms with E-state index in [2.05, 4.69) is 59.7 Å². The fourth-order valence-electron chi connectivity index (χ4n) is 4.33. The van der Waals surface area contributed by atoms with Gasteiger partial charge < -0.3 is 4.57 Å². The van der Waals surface area contributed by atoms with E-state index in [1.54, 1.807) is 0 Å². The molecule has 0 saturated heterocycles. The van der Waals surface area contributed by atoms with Crippen LogP contribution in [0.4, 0.5) is 0 Å². The lowest BCUT2D eigenvalue weighted by Crippen LogP contribution is -1.91. The molecule has 0 spiro atoms. The average Bonchev–Trinajstić information content (AvgIpc) is 3.17. The Morgan fingerprint density at radius 3 is 1.50 bits per heavy atom. The van der Waals surface area contributed by atoms with E-state index < -0.39 is 0 Å². The summed E-state index contributed by atoms with van der Waals surface area (Å²) in [5.74, 6) is 0. The number of nitrogens with zero attached hydrogens (tertiary/aromatic N) is 3. The molecule has 4 aromatic carbocycles.